The Bertz CT molecular complexity index is 255. The Labute approximate surface area is 102 Å². The molecule has 0 spiro atoms. The molecule has 1 amide bonds. The summed E-state index contributed by atoms with van der Waals surface area (Å²) in [6, 6.07) is 0. The van der Waals surface area contributed by atoms with Crippen molar-refractivity contribution in [1.29, 1.82) is 0 Å². The van der Waals surface area contributed by atoms with Crippen molar-refractivity contribution in [3.05, 3.63) is 0 Å². The van der Waals surface area contributed by atoms with Gasteiger partial charge in [0, 0.05) is 13.0 Å². The van der Waals surface area contributed by atoms with E-state index in [4.69, 9.17) is 15.2 Å². The Balaban J connectivity index is 1.66. The Morgan fingerprint density at radius 1 is 1.41 bits per heavy atom. The first kappa shape index (κ1) is 12.8. The predicted molar refractivity (Wildman–Crippen MR) is 63.5 cm³/mol. The molecule has 1 atom stereocenters. The third-order valence-corrected chi connectivity index (χ3v) is 3.79. The highest BCUT2D eigenvalue weighted by molar-refractivity contribution is 5.76. The van der Waals surface area contributed by atoms with Crippen LogP contribution in [0, 0.1) is 5.41 Å². The van der Waals surface area contributed by atoms with Crippen LogP contribution in [0.5, 0.6) is 0 Å². The van der Waals surface area contributed by atoms with Gasteiger partial charge in [-0.25, -0.2) is 0 Å². The van der Waals surface area contributed by atoms with Crippen LogP contribution in [0.15, 0.2) is 0 Å². The van der Waals surface area contributed by atoms with Crippen molar-refractivity contribution in [2.24, 2.45) is 11.1 Å². The van der Waals surface area contributed by atoms with Gasteiger partial charge in [-0.3, -0.25) is 4.79 Å². The van der Waals surface area contributed by atoms with Gasteiger partial charge in [0.15, 0.2) is 0 Å². The molecule has 2 aliphatic rings. The van der Waals surface area contributed by atoms with Gasteiger partial charge in [-0.15, -0.1) is 0 Å². The molecule has 0 radical (unpaired) electrons. The Morgan fingerprint density at radius 3 is 2.76 bits per heavy atom. The maximum absolute atomic E-state index is 11.8. The lowest BCUT2D eigenvalue weighted by Crippen LogP contribution is -2.44. The number of amides is 1. The van der Waals surface area contributed by atoms with E-state index < -0.39 is 0 Å². The first-order valence-electron chi connectivity index (χ1n) is 6.40. The van der Waals surface area contributed by atoms with Crippen molar-refractivity contribution < 1.29 is 14.3 Å². The Hall–Kier alpha value is -0.650. The molecular weight excluding hydrogens is 220 g/mol. The summed E-state index contributed by atoms with van der Waals surface area (Å²) in [5.74, 6) is 0.0873. The van der Waals surface area contributed by atoms with E-state index in [-0.39, 0.29) is 17.4 Å². The van der Waals surface area contributed by atoms with E-state index in [2.05, 4.69) is 5.32 Å². The van der Waals surface area contributed by atoms with Crippen LogP contribution in [0.3, 0.4) is 0 Å². The van der Waals surface area contributed by atoms with Gasteiger partial charge in [0.2, 0.25) is 5.91 Å². The molecule has 2 rings (SSSR count). The van der Waals surface area contributed by atoms with Crippen LogP contribution in [0.1, 0.15) is 25.7 Å². The summed E-state index contributed by atoms with van der Waals surface area (Å²) in [4.78, 5) is 11.8. The predicted octanol–water partition coefficient (Wildman–Crippen LogP) is 0.0371. The first-order chi connectivity index (χ1) is 8.24. The highest BCUT2D eigenvalue weighted by atomic mass is 16.6. The fraction of sp³-hybridized carbons (Fsp3) is 0.917. The molecule has 0 aromatic carbocycles. The summed E-state index contributed by atoms with van der Waals surface area (Å²) in [5, 5.41) is 2.91. The number of ether oxygens (including phenoxy) is 2. The van der Waals surface area contributed by atoms with Crippen molar-refractivity contribution in [2.75, 3.05) is 32.9 Å². The fourth-order valence-electron chi connectivity index (χ4n) is 2.42. The van der Waals surface area contributed by atoms with Crippen molar-refractivity contribution in [3.63, 3.8) is 0 Å². The van der Waals surface area contributed by atoms with Crippen molar-refractivity contribution in [3.8, 4) is 0 Å². The van der Waals surface area contributed by atoms with Crippen LogP contribution >= 0.6 is 0 Å². The number of hydrogen-bond acceptors (Lipinski definition) is 4. The fourth-order valence-corrected chi connectivity index (χ4v) is 2.42. The molecule has 1 unspecified atom stereocenters. The van der Waals surface area contributed by atoms with E-state index in [0.717, 1.165) is 12.8 Å². The third kappa shape index (κ3) is 3.40. The van der Waals surface area contributed by atoms with E-state index in [9.17, 15) is 4.79 Å². The summed E-state index contributed by atoms with van der Waals surface area (Å²) in [7, 11) is 0. The van der Waals surface area contributed by atoms with Gasteiger partial charge in [-0.1, -0.05) is 6.42 Å². The molecule has 17 heavy (non-hydrogen) atoms. The second-order valence-corrected chi connectivity index (χ2v) is 5.11. The SMILES string of the molecule is NCC1(CC(=O)NCC2COCCO2)CCC1. The molecular formula is C12H22N2O3. The van der Waals surface area contributed by atoms with Crippen LogP contribution in [0.25, 0.3) is 0 Å². The number of carbonyl (C=O) groups excluding carboxylic acids is 1. The lowest BCUT2D eigenvalue weighted by Gasteiger charge is -2.40. The summed E-state index contributed by atoms with van der Waals surface area (Å²) in [5.41, 5.74) is 5.81. The van der Waals surface area contributed by atoms with E-state index in [0.29, 0.717) is 39.3 Å². The van der Waals surface area contributed by atoms with Gasteiger partial charge in [0.1, 0.15) is 0 Å². The minimum absolute atomic E-state index is 0.00270. The zero-order chi connectivity index (χ0) is 12.1. The third-order valence-electron chi connectivity index (χ3n) is 3.79. The number of rotatable bonds is 5. The monoisotopic (exact) mass is 242 g/mol. The summed E-state index contributed by atoms with van der Waals surface area (Å²) >= 11 is 0. The molecule has 1 aliphatic heterocycles. The maximum atomic E-state index is 11.8. The molecule has 0 bridgehead atoms. The molecule has 5 nitrogen and oxygen atoms in total. The van der Waals surface area contributed by atoms with Crippen molar-refractivity contribution in [1.82, 2.24) is 5.32 Å². The van der Waals surface area contributed by atoms with Gasteiger partial charge in [-0.2, -0.15) is 0 Å². The second-order valence-electron chi connectivity index (χ2n) is 5.11. The number of carbonyl (C=O) groups is 1. The van der Waals surface area contributed by atoms with Gasteiger partial charge in [0.25, 0.3) is 0 Å². The molecule has 0 aromatic heterocycles. The van der Waals surface area contributed by atoms with Crippen LogP contribution in [0.2, 0.25) is 0 Å². The molecule has 2 fully saturated rings. The average molecular weight is 242 g/mol. The normalized spacial score (nSPS) is 27.2. The summed E-state index contributed by atoms with van der Waals surface area (Å²) < 4.78 is 10.7. The van der Waals surface area contributed by atoms with Crippen molar-refractivity contribution in [2.45, 2.75) is 31.8 Å². The number of nitrogens with one attached hydrogen (secondary N) is 1. The zero-order valence-corrected chi connectivity index (χ0v) is 10.2. The lowest BCUT2D eigenvalue weighted by molar-refractivity contribution is -0.127. The van der Waals surface area contributed by atoms with Crippen molar-refractivity contribution >= 4 is 5.91 Å². The van der Waals surface area contributed by atoms with Crippen LogP contribution < -0.4 is 11.1 Å². The lowest BCUT2D eigenvalue weighted by atomic mass is 9.66. The zero-order valence-electron chi connectivity index (χ0n) is 10.2. The van der Waals surface area contributed by atoms with Gasteiger partial charge in [0.05, 0.1) is 25.9 Å². The standard InChI is InChI=1S/C12H22N2O3/c13-9-12(2-1-3-12)6-11(15)14-7-10-8-16-4-5-17-10/h10H,1-9,13H2,(H,14,15). The van der Waals surface area contributed by atoms with E-state index in [1.165, 1.54) is 6.42 Å². The van der Waals surface area contributed by atoms with E-state index in [1.54, 1.807) is 0 Å². The quantitative estimate of drug-likeness (QED) is 0.714. The summed E-state index contributed by atoms with van der Waals surface area (Å²) in [6.07, 6.45) is 3.92. The molecule has 1 heterocycles. The van der Waals surface area contributed by atoms with E-state index >= 15 is 0 Å². The molecule has 3 N–H and O–H groups in total. The molecule has 1 saturated heterocycles. The van der Waals surface area contributed by atoms with Crippen LogP contribution in [-0.2, 0) is 14.3 Å². The molecule has 5 heteroatoms. The van der Waals surface area contributed by atoms with Gasteiger partial charge >= 0.3 is 0 Å². The largest absolute Gasteiger partial charge is 0.376 e. The van der Waals surface area contributed by atoms with Crippen LogP contribution in [-0.4, -0.2) is 44.9 Å². The van der Waals surface area contributed by atoms with Gasteiger partial charge in [-0.05, 0) is 24.8 Å². The van der Waals surface area contributed by atoms with E-state index in [1.807, 2.05) is 0 Å². The minimum Gasteiger partial charge on any atom is -0.376 e. The molecule has 0 aromatic rings. The Morgan fingerprint density at radius 2 is 2.24 bits per heavy atom. The Kier molecular flexibility index (Phi) is 4.36. The second kappa shape index (κ2) is 5.80. The van der Waals surface area contributed by atoms with Gasteiger partial charge < -0.3 is 20.5 Å². The van der Waals surface area contributed by atoms with Crippen LogP contribution in [0.4, 0.5) is 0 Å². The molecule has 1 aliphatic carbocycles. The molecule has 98 valence electrons. The number of hydrogen-bond donors (Lipinski definition) is 2. The topological polar surface area (TPSA) is 73.6 Å². The summed E-state index contributed by atoms with van der Waals surface area (Å²) in [6.45, 7) is 3.00. The highest BCUT2D eigenvalue weighted by Crippen LogP contribution is 2.42. The average Bonchev–Trinajstić information content (AvgIpc) is 2.33. The smallest absolute Gasteiger partial charge is 0.220 e. The highest BCUT2D eigenvalue weighted by Gasteiger charge is 2.37. The number of nitrogens with two attached hydrogens (primary N) is 1. The minimum atomic E-state index is 0.00270. The first-order valence-corrected chi connectivity index (χ1v) is 6.40. The maximum Gasteiger partial charge on any atom is 0.220 e. The molecule has 1 saturated carbocycles.